The van der Waals surface area contributed by atoms with E-state index in [0.29, 0.717) is 18.1 Å². The second-order valence-electron chi connectivity index (χ2n) is 4.47. The van der Waals surface area contributed by atoms with Gasteiger partial charge in [0.15, 0.2) is 0 Å². The Hall–Kier alpha value is -2.76. The minimum atomic E-state index is -0.551. The summed E-state index contributed by atoms with van der Waals surface area (Å²) in [7, 11) is 0. The lowest BCUT2D eigenvalue weighted by Crippen LogP contribution is -2.15. The average molecular weight is 286 g/mol. The third kappa shape index (κ3) is 4.10. The molecule has 2 rings (SSSR count). The van der Waals surface area contributed by atoms with E-state index in [1.54, 1.807) is 19.1 Å². The zero-order valence-corrected chi connectivity index (χ0v) is 12.0. The van der Waals surface area contributed by atoms with E-state index in [9.17, 15) is 4.79 Å². The average Bonchev–Trinajstić information content (AvgIpc) is 2.45. The largest absolute Gasteiger partial charge is 0.450 e. The van der Waals surface area contributed by atoms with Crippen LogP contribution in [0.4, 0.5) is 27.8 Å². The fourth-order valence-corrected chi connectivity index (χ4v) is 1.71. The van der Waals surface area contributed by atoms with Crippen LogP contribution in [0.25, 0.3) is 0 Å². The molecule has 0 unspecified atom stereocenters. The fraction of sp³-hybridized carbons (Fsp3) is 0.200. The fourth-order valence-electron chi connectivity index (χ4n) is 1.71. The number of carbonyl (C=O) groups excluding carboxylic acids is 1. The summed E-state index contributed by atoms with van der Waals surface area (Å²) in [6.07, 6.45) is -0.551. The molecule has 6 heteroatoms. The Kier molecular flexibility index (Phi) is 4.61. The van der Waals surface area contributed by atoms with Gasteiger partial charge >= 0.3 is 6.09 Å². The normalized spacial score (nSPS) is 10.0. The molecule has 4 N–H and O–H groups in total. The highest BCUT2D eigenvalue weighted by molar-refractivity contribution is 5.88. The van der Waals surface area contributed by atoms with Crippen LogP contribution in [0, 0.1) is 6.92 Å². The highest BCUT2D eigenvalue weighted by Gasteiger charge is 2.07. The molecule has 0 aliphatic heterocycles. The first-order chi connectivity index (χ1) is 10.1. The summed E-state index contributed by atoms with van der Waals surface area (Å²) in [5, 5.41) is 5.68. The third-order valence-corrected chi connectivity index (χ3v) is 2.76. The number of anilines is 4. The molecule has 0 radical (unpaired) electrons. The summed E-state index contributed by atoms with van der Waals surface area (Å²) in [5.74, 6) is 0.825. The quantitative estimate of drug-likeness (QED) is 0.802. The zero-order valence-electron chi connectivity index (χ0n) is 12.0. The summed E-state index contributed by atoms with van der Waals surface area (Å²) in [5.41, 5.74) is 8.34. The number of hydrogen-bond acceptors (Lipinski definition) is 5. The number of amides is 1. The van der Waals surface area contributed by atoms with Crippen molar-refractivity contribution in [1.29, 1.82) is 0 Å². The summed E-state index contributed by atoms with van der Waals surface area (Å²) in [6.45, 7) is 4.05. The minimum Gasteiger partial charge on any atom is -0.450 e. The molecule has 0 spiro atoms. The van der Waals surface area contributed by atoms with Crippen molar-refractivity contribution in [2.45, 2.75) is 13.8 Å². The Labute approximate surface area is 123 Å². The van der Waals surface area contributed by atoms with E-state index in [1.807, 2.05) is 31.2 Å². The van der Waals surface area contributed by atoms with E-state index >= 15 is 0 Å². The number of nitrogens with zero attached hydrogens (tertiary/aromatic N) is 1. The van der Waals surface area contributed by atoms with E-state index < -0.39 is 6.09 Å². The van der Waals surface area contributed by atoms with E-state index in [-0.39, 0.29) is 5.82 Å². The van der Waals surface area contributed by atoms with Gasteiger partial charge in [0.25, 0.3) is 0 Å². The number of rotatable bonds is 4. The van der Waals surface area contributed by atoms with Gasteiger partial charge in [-0.1, -0.05) is 17.7 Å². The lowest BCUT2D eigenvalue weighted by molar-refractivity contribution is 0.168. The Morgan fingerprint density at radius 2 is 1.95 bits per heavy atom. The van der Waals surface area contributed by atoms with Crippen molar-refractivity contribution in [3.8, 4) is 0 Å². The summed E-state index contributed by atoms with van der Waals surface area (Å²) < 4.78 is 4.79. The molecule has 1 aromatic heterocycles. The zero-order chi connectivity index (χ0) is 15.2. The molecule has 0 aliphatic rings. The number of carbonyl (C=O) groups is 1. The number of aromatic nitrogens is 1. The predicted molar refractivity (Wildman–Crippen MR) is 83.8 cm³/mol. The van der Waals surface area contributed by atoms with Gasteiger partial charge < -0.3 is 15.8 Å². The molecule has 0 saturated heterocycles. The standard InChI is InChI=1S/C15H18N4O2/c1-3-21-15(20)18-12-8-9-13(19-14(12)16)17-11-6-4-10(2)5-7-11/h4-9H,3H2,1-2H3,(H,18,20)(H3,16,17,19). The predicted octanol–water partition coefficient (Wildman–Crippen LogP) is 3.28. The van der Waals surface area contributed by atoms with Crippen LogP contribution in [-0.4, -0.2) is 17.7 Å². The molecule has 1 amide bonds. The monoisotopic (exact) mass is 286 g/mol. The molecule has 0 fully saturated rings. The lowest BCUT2D eigenvalue weighted by atomic mass is 10.2. The maximum Gasteiger partial charge on any atom is 0.411 e. The SMILES string of the molecule is CCOC(=O)Nc1ccc(Nc2ccc(C)cc2)nc1N. The molecule has 0 saturated carbocycles. The van der Waals surface area contributed by atoms with Crippen molar-refractivity contribution in [1.82, 2.24) is 4.98 Å². The molecular formula is C15H18N4O2. The maximum atomic E-state index is 11.3. The smallest absolute Gasteiger partial charge is 0.411 e. The van der Waals surface area contributed by atoms with Gasteiger partial charge in [-0.2, -0.15) is 0 Å². The van der Waals surface area contributed by atoms with Gasteiger partial charge in [0, 0.05) is 5.69 Å². The first-order valence-corrected chi connectivity index (χ1v) is 6.62. The first kappa shape index (κ1) is 14.6. The number of aryl methyl sites for hydroxylation is 1. The summed E-state index contributed by atoms with van der Waals surface area (Å²) in [6, 6.07) is 11.3. The van der Waals surface area contributed by atoms with Crippen molar-refractivity contribution in [2.75, 3.05) is 23.0 Å². The van der Waals surface area contributed by atoms with Crippen molar-refractivity contribution in [3.05, 3.63) is 42.0 Å². The van der Waals surface area contributed by atoms with E-state index in [1.165, 1.54) is 5.56 Å². The van der Waals surface area contributed by atoms with Crippen molar-refractivity contribution >= 4 is 29.1 Å². The Morgan fingerprint density at radius 1 is 1.24 bits per heavy atom. The molecule has 0 bridgehead atoms. The Morgan fingerprint density at radius 3 is 2.57 bits per heavy atom. The number of benzene rings is 1. The van der Waals surface area contributed by atoms with Crippen LogP contribution in [-0.2, 0) is 4.74 Å². The molecule has 2 aromatic rings. The Balaban J connectivity index is 2.08. The van der Waals surface area contributed by atoms with Gasteiger partial charge in [0.2, 0.25) is 0 Å². The van der Waals surface area contributed by atoms with Crippen molar-refractivity contribution in [3.63, 3.8) is 0 Å². The summed E-state index contributed by atoms with van der Waals surface area (Å²) in [4.78, 5) is 15.5. The maximum absolute atomic E-state index is 11.3. The first-order valence-electron chi connectivity index (χ1n) is 6.62. The van der Waals surface area contributed by atoms with Crippen LogP contribution in [0.15, 0.2) is 36.4 Å². The topological polar surface area (TPSA) is 89.3 Å². The van der Waals surface area contributed by atoms with Gasteiger partial charge in [-0.3, -0.25) is 5.32 Å². The number of nitrogens with one attached hydrogen (secondary N) is 2. The molecule has 0 atom stereocenters. The number of nitrogen functional groups attached to an aromatic ring is 1. The minimum absolute atomic E-state index is 0.222. The van der Waals surface area contributed by atoms with Crippen molar-refractivity contribution < 1.29 is 9.53 Å². The van der Waals surface area contributed by atoms with Crippen molar-refractivity contribution in [2.24, 2.45) is 0 Å². The molecule has 110 valence electrons. The molecule has 0 aliphatic carbocycles. The number of ether oxygens (including phenoxy) is 1. The Bertz CT molecular complexity index is 626. The number of hydrogen-bond donors (Lipinski definition) is 3. The third-order valence-electron chi connectivity index (χ3n) is 2.76. The second kappa shape index (κ2) is 6.60. The molecule has 6 nitrogen and oxygen atoms in total. The molecule has 1 heterocycles. The van der Waals surface area contributed by atoms with Gasteiger partial charge in [-0.05, 0) is 38.1 Å². The number of pyridine rings is 1. The molecule has 1 aromatic carbocycles. The van der Waals surface area contributed by atoms with Crippen LogP contribution in [0.5, 0.6) is 0 Å². The van der Waals surface area contributed by atoms with Gasteiger partial charge in [0.05, 0.1) is 12.3 Å². The van der Waals surface area contributed by atoms with Crippen LogP contribution >= 0.6 is 0 Å². The van der Waals surface area contributed by atoms with E-state index in [0.717, 1.165) is 5.69 Å². The highest BCUT2D eigenvalue weighted by atomic mass is 16.5. The lowest BCUT2D eigenvalue weighted by Gasteiger charge is -2.10. The van der Waals surface area contributed by atoms with Gasteiger partial charge in [-0.15, -0.1) is 0 Å². The van der Waals surface area contributed by atoms with Crippen LogP contribution in [0.1, 0.15) is 12.5 Å². The van der Waals surface area contributed by atoms with Crippen LogP contribution in [0.3, 0.4) is 0 Å². The van der Waals surface area contributed by atoms with E-state index in [2.05, 4.69) is 15.6 Å². The van der Waals surface area contributed by atoms with Crippen LogP contribution in [0.2, 0.25) is 0 Å². The second-order valence-corrected chi connectivity index (χ2v) is 4.47. The van der Waals surface area contributed by atoms with Gasteiger partial charge in [-0.25, -0.2) is 9.78 Å². The summed E-state index contributed by atoms with van der Waals surface area (Å²) >= 11 is 0. The number of nitrogens with two attached hydrogens (primary N) is 1. The van der Waals surface area contributed by atoms with Gasteiger partial charge in [0.1, 0.15) is 11.6 Å². The molecule has 21 heavy (non-hydrogen) atoms. The van der Waals surface area contributed by atoms with E-state index in [4.69, 9.17) is 10.5 Å². The highest BCUT2D eigenvalue weighted by Crippen LogP contribution is 2.21. The molecular weight excluding hydrogens is 268 g/mol. The van der Waals surface area contributed by atoms with Crippen LogP contribution < -0.4 is 16.4 Å².